The minimum Gasteiger partial charge on any atom is -0.481 e. The number of amides is 1. The average molecular weight is 268 g/mol. The molecule has 0 saturated heterocycles. The Labute approximate surface area is 109 Å². The van der Waals surface area contributed by atoms with E-state index in [4.69, 9.17) is 5.73 Å². The molecule has 8 nitrogen and oxygen atoms in total. The average Bonchev–Trinajstić information content (AvgIpc) is 2.65. The third-order valence-corrected chi connectivity index (χ3v) is 3.38. The Morgan fingerprint density at radius 2 is 2.00 bits per heavy atom. The number of hydrogen-bond acceptors (Lipinski definition) is 6. The molecule has 1 amide bonds. The lowest BCUT2D eigenvalue weighted by Gasteiger charge is -2.22. The van der Waals surface area contributed by atoms with Gasteiger partial charge in [0.25, 0.3) is 5.91 Å². The zero-order chi connectivity index (χ0) is 13.8. The first-order valence-corrected chi connectivity index (χ1v) is 6.21. The van der Waals surface area contributed by atoms with Gasteiger partial charge in [-0.15, -0.1) is 0 Å². The molecule has 0 radical (unpaired) electrons. The van der Waals surface area contributed by atoms with E-state index >= 15 is 0 Å². The molecule has 4 N–H and O–H groups in total. The van der Waals surface area contributed by atoms with Crippen molar-refractivity contribution in [2.24, 2.45) is 5.92 Å². The fourth-order valence-electron chi connectivity index (χ4n) is 2.37. The predicted molar refractivity (Wildman–Crippen MR) is 64.2 cm³/mol. The van der Waals surface area contributed by atoms with Gasteiger partial charge in [0.2, 0.25) is 11.5 Å². The quantitative estimate of drug-likeness (QED) is 0.676. The second kappa shape index (κ2) is 5.68. The molecule has 0 aliphatic heterocycles. The van der Waals surface area contributed by atoms with Crippen LogP contribution in [0.15, 0.2) is 4.63 Å². The number of nitrogen functional groups attached to an aromatic ring is 1. The van der Waals surface area contributed by atoms with Crippen molar-refractivity contribution in [3.8, 4) is 0 Å². The summed E-state index contributed by atoms with van der Waals surface area (Å²) in [6.45, 7) is 0. The Morgan fingerprint density at radius 1 is 1.26 bits per heavy atom. The molecule has 1 saturated carbocycles. The van der Waals surface area contributed by atoms with Crippen LogP contribution < -0.4 is 11.1 Å². The van der Waals surface area contributed by atoms with Gasteiger partial charge in [-0.3, -0.25) is 9.59 Å². The molecule has 1 fully saturated rings. The third kappa shape index (κ3) is 3.01. The first-order valence-electron chi connectivity index (χ1n) is 6.21. The molecule has 2 unspecified atom stereocenters. The van der Waals surface area contributed by atoms with Crippen LogP contribution in [0.3, 0.4) is 0 Å². The van der Waals surface area contributed by atoms with Gasteiger partial charge in [0.1, 0.15) is 0 Å². The lowest BCUT2D eigenvalue weighted by Crippen LogP contribution is -2.43. The predicted octanol–water partition coefficient (Wildman–Crippen LogP) is 0.415. The van der Waals surface area contributed by atoms with Crippen molar-refractivity contribution in [3.05, 3.63) is 5.69 Å². The number of aliphatic carboxylic acids is 1. The number of nitrogens with two attached hydrogens (primary N) is 1. The zero-order valence-corrected chi connectivity index (χ0v) is 10.3. The van der Waals surface area contributed by atoms with Crippen LogP contribution in [0.4, 0.5) is 5.82 Å². The minimum atomic E-state index is -0.890. The molecule has 0 aromatic carbocycles. The first kappa shape index (κ1) is 13.3. The molecule has 19 heavy (non-hydrogen) atoms. The summed E-state index contributed by atoms with van der Waals surface area (Å²) in [7, 11) is 0. The molecule has 1 aliphatic carbocycles. The summed E-state index contributed by atoms with van der Waals surface area (Å²) >= 11 is 0. The summed E-state index contributed by atoms with van der Waals surface area (Å²) in [5.74, 6) is -2.11. The van der Waals surface area contributed by atoms with E-state index in [0.717, 1.165) is 19.3 Å². The highest BCUT2D eigenvalue weighted by molar-refractivity contribution is 5.96. The Balaban J connectivity index is 2.08. The number of nitrogens with zero attached hydrogens (tertiary/aromatic N) is 2. The maximum absolute atomic E-state index is 11.9. The van der Waals surface area contributed by atoms with Gasteiger partial charge in [-0.2, -0.15) is 0 Å². The number of aromatic nitrogens is 2. The summed E-state index contributed by atoms with van der Waals surface area (Å²) in [5.41, 5.74) is 5.32. The molecule has 2 atom stereocenters. The minimum absolute atomic E-state index is 0.0991. The van der Waals surface area contributed by atoms with Gasteiger partial charge in [0, 0.05) is 6.04 Å². The van der Waals surface area contributed by atoms with Crippen molar-refractivity contribution in [3.63, 3.8) is 0 Å². The van der Waals surface area contributed by atoms with Crippen LogP contribution in [-0.2, 0) is 4.79 Å². The van der Waals surface area contributed by atoms with Crippen molar-refractivity contribution >= 4 is 17.7 Å². The van der Waals surface area contributed by atoms with Crippen molar-refractivity contribution in [1.82, 2.24) is 15.6 Å². The molecule has 0 spiro atoms. The van der Waals surface area contributed by atoms with Crippen LogP contribution >= 0.6 is 0 Å². The van der Waals surface area contributed by atoms with E-state index < -0.39 is 23.8 Å². The number of nitrogens with one attached hydrogen (secondary N) is 1. The lowest BCUT2D eigenvalue weighted by atomic mass is 9.95. The van der Waals surface area contributed by atoms with E-state index in [1.165, 1.54) is 0 Å². The normalized spacial score (nSPS) is 23.6. The number of rotatable bonds is 3. The lowest BCUT2D eigenvalue weighted by molar-refractivity contribution is -0.142. The molecule has 2 rings (SSSR count). The second-order valence-electron chi connectivity index (χ2n) is 4.66. The molecular formula is C11H16N4O4. The van der Waals surface area contributed by atoms with Crippen LogP contribution in [0.2, 0.25) is 0 Å². The number of carbonyl (C=O) groups is 2. The van der Waals surface area contributed by atoms with E-state index in [9.17, 15) is 14.7 Å². The van der Waals surface area contributed by atoms with E-state index in [0.29, 0.717) is 12.8 Å². The first-order chi connectivity index (χ1) is 9.09. The van der Waals surface area contributed by atoms with Crippen LogP contribution in [0.25, 0.3) is 0 Å². The maximum Gasteiger partial charge on any atom is 0.308 e. The van der Waals surface area contributed by atoms with E-state index in [1.807, 2.05) is 0 Å². The van der Waals surface area contributed by atoms with E-state index in [2.05, 4.69) is 20.3 Å². The van der Waals surface area contributed by atoms with Crippen molar-refractivity contribution in [2.45, 2.75) is 38.1 Å². The second-order valence-corrected chi connectivity index (χ2v) is 4.66. The highest BCUT2D eigenvalue weighted by Crippen LogP contribution is 2.24. The number of anilines is 1. The van der Waals surface area contributed by atoms with Gasteiger partial charge < -0.3 is 16.2 Å². The van der Waals surface area contributed by atoms with Gasteiger partial charge in [-0.25, -0.2) is 4.63 Å². The van der Waals surface area contributed by atoms with Crippen LogP contribution in [0.5, 0.6) is 0 Å². The van der Waals surface area contributed by atoms with Crippen molar-refractivity contribution < 1.29 is 19.3 Å². The highest BCUT2D eigenvalue weighted by atomic mass is 16.6. The Hall–Kier alpha value is -2.12. The summed E-state index contributed by atoms with van der Waals surface area (Å²) in [5, 5.41) is 18.6. The largest absolute Gasteiger partial charge is 0.481 e. The molecule has 8 heteroatoms. The van der Waals surface area contributed by atoms with Crippen molar-refractivity contribution in [1.29, 1.82) is 0 Å². The topological polar surface area (TPSA) is 131 Å². The number of carboxylic acid groups (broad SMARTS) is 1. The van der Waals surface area contributed by atoms with Gasteiger partial charge >= 0.3 is 5.97 Å². The SMILES string of the molecule is Nc1nonc1C(=O)NC1CCCCCC1C(=O)O. The smallest absolute Gasteiger partial charge is 0.308 e. The fraction of sp³-hybridized carbons (Fsp3) is 0.636. The van der Waals surface area contributed by atoms with E-state index in [-0.39, 0.29) is 11.5 Å². The number of carbonyl (C=O) groups excluding carboxylic acids is 1. The van der Waals surface area contributed by atoms with E-state index in [1.54, 1.807) is 0 Å². The summed E-state index contributed by atoms with van der Waals surface area (Å²) in [6, 6.07) is -0.413. The summed E-state index contributed by atoms with van der Waals surface area (Å²) < 4.78 is 4.35. The fourth-order valence-corrected chi connectivity index (χ4v) is 2.37. The van der Waals surface area contributed by atoms with Crippen LogP contribution in [0, 0.1) is 5.92 Å². The Morgan fingerprint density at radius 3 is 2.63 bits per heavy atom. The maximum atomic E-state index is 11.9. The summed E-state index contributed by atoms with van der Waals surface area (Å²) in [4.78, 5) is 23.2. The third-order valence-electron chi connectivity index (χ3n) is 3.38. The van der Waals surface area contributed by atoms with Crippen LogP contribution in [0.1, 0.15) is 42.6 Å². The van der Waals surface area contributed by atoms with Gasteiger partial charge in [0.05, 0.1) is 5.92 Å². The van der Waals surface area contributed by atoms with Gasteiger partial charge in [-0.1, -0.05) is 19.3 Å². The van der Waals surface area contributed by atoms with Gasteiger partial charge in [0.15, 0.2) is 0 Å². The molecular weight excluding hydrogens is 252 g/mol. The number of carboxylic acids is 1. The van der Waals surface area contributed by atoms with Crippen LogP contribution in [-0.4, -0.2) is 33.3 Å². The summed E-state index contributed by atoms with van der Waals surface area (Å²) in [6.07, 6.45) is 3.92. The number of hydrogen-bond donors (Lipinski definition) is 3. The molecule has 1 aromatic heterocycles. The van der Waals surface area contributed by atoms with Gasteiger partial charge in [-0.05, 0) is 23.2 Å². The molecule has 1 aromatic rings. The molecule has 0 bridgehead atoms. The zero-order valence-electron chi connectivity index (χ0n) is 10.3. The Bertz CT molecular complexity index is 473. The monoisotopic (exact) mass is 268 g/mol. The standard InChI is InChI=1S/C11H16N4O4/c12-9-8(14-19-15-9)10(16)13-7-5-3-1-2-4-6(7)11(17)18/h6-7H,1-5H2,(H2,12,15)(H,13,16)(H,17,18). The van der Waals surface area contributed by atoms with Crippen molar-refractivity contribution in [2.75, 3.05) is 5.73 Å². The molecule has 104 valence electrons. The molecule has 1 heterocycles. The molecule has 1 aliphatic rings. The highest BCUT2D eigenvalue weighted by Gasteiger charge is 2.31. The Kier molecular flexibility index (Phi) is 3.98.